The number of rotatable bonds is 8. The normalized spacial score (nSPS) is 14.3. The van der Waals surface area contributed by atoms with E-state index in [1.165, 1.54) is 18.2 Å². The average molecular weight is 325 g/mol. The van der Waals surface area contributed by atoms with E-state index in [9.17, 15) is 9.18 Å². The first kappa shape index (κ1) is 18.7. The van der Waals surface area contributed by atoms with Crippen LogP contribution in [-0.4, -0.2) is 23.8 Å². The minimum atomic E-state index is -0.380. The lowest BCUT2D eigenvalue weighted by atomic mass is 10.1. The van der Waals surface area contributed by atoms with Gasteiger partial charge in [0.15, 0.2) is 5.78 Å². The lowest BCUT2D eigenvalue weighted by Gasteiger charge is -2.17. The lowest BCUT2D eigenvalue weighted by Crippen LogP contribution is -2.32. The fourth-order valence-corrected chi connectivity index (χ4v) is 1.80. The highest BCUT2D eigenvalue weighted by Gasteiger charge is 2.08. The zero-order chi connectivity index (χ0) is 16.7. The summed E-state index contributed by atoms with van der Waals surface area (Å²) in [4.78, 5) is 11.6. The molecule has 0 saturated carbocycles. The maximum atomic E-state index is 13.8. The molecule has 0 aliphatic rings. The molecular weight excluding hydrogens is 301 g/mol. The van der Waals surface area contributed by atoms with Crippen LogP contribution < -0.4 is 10.1 Å². The number of nitrogens with one attached hydrogen (secondary N) is 1. The van der Waals surface area contributed by atoms with E-state index in [-0.39, 0.29) is 29.0 Å². The second kappa shape index (κ2) is 8.96. The number of hydrogen-bond donors (Lipinski definition) is 2. The summed E-state index contributed by atoms with van der Waals surface area (Å²) in [5.74, 6) is 0.0493. The Bertz CT molecular complexity index is 529. The minimum absolute atomic E-state index is 0.0361. The molecule has 0 heterocycles. The Morgan fingerprint density at radius 1 is 1.36 bits per heavy atom. The molecule has 0 saturated heterocycles. The molecule has 0 fully saturated rings. The lowest BCUT2D eigenvalue weighted by molar-refractivity contribution is -0.117. The number of ketones is 1. The molecule has 22 heavy (non-hydrogen) atoms. The molecule has 5 heteroatoms. The van der Waals surface area contributed by atoms with Crippen LogP contribution >= 0.6 is 12.6 Å². The van der Waals surface area contributed by atoms with Crippen LogP contribution in [0.2, 0.25) is 0 Å². The van der Waals surface area contributed by atoms with Gasteiger partial charge < -0.3 is 10.1 Å². The Morgan fingerprint density at radius 3 is 2.64 bits per heavy atom. The van der Waals surface area contributed by atoms with Gasteiger partial charge in [0.2, 0.25) is 0 Å². The maximum absolute atomic E-state index is 13.8. The second-order valence-electron chi connectivity index (χ2n) is 5.59. The molecule has 2 atom stereocenters. The van der Waals surface area contributed by atoms with E-state index < -0.39 is 0 Å². The Hall–Kier alpha value is -1.33. The molecule has 1 aromatic carbocycles. The van der Waals surface area contributed by atoms with E-state index in [4.69, 9.17) is 4.74 Å². The molecule has 1 rings (SSSR count). The topological polar surface area (TPSA) is 38.3 Å². The first-order valence-corrected chi connectivity index (χ1v) is 7.90. The monoisotopic (exact) mass is 325 g/mol. The average Bonchev–Trinajstić information content (AvgIpc) is 2.45. The number of carbonyl (C=O) groups excluding carboxylic acids is 1. The molecular formula is C17H24FNO2S. The van der Waals surface area contributed by atoms with Crippen LogP contribution in [0.3, 0.4) is 0 Å². The summed E-state index contributed by atoms with van der Waals surface area (Å²) in [7, 11) is 0. The maximum Gasteiger partial charge on any atom is 0.158 e. The van der Waals surface area contributed by atoms with Crippen LogP contribution in [-0.2, 0) is 4.79 Å². The molecule has 0 bridgehead atoms. The predicted octanol–water partition coefficient (Wildman–Crippen LogP) is 3.70. The number of allylic oxidation sites excluding steroid dienone is 1. The summed E-state index contributed by atoms with van der Waals surface area (Å²) in [5, 5.41) is 3.23. The first-order chi connectivity index (χ1) is 10.3. The van der Waals surface area contributed by atoms with Crippen LogP contribution in [0.25, 0.3) is 6.08 Å². The van der Waals surface area contributed by atoms with Gasteiger partial charge in [0.1, 0.15) is 17.7 Å². The molecule has 0 aromatic heterocycles. The summed E-state index contributed by atoms with van der Waals surface area (Å²) in [5.41, 5.74) is 0.342. The van der Waals surface area contributed by atoms with E-state index in [1.807, 2.05) is 13.8 Å². The van der Waals surface area contributed by atoms with Crippen LogP contribution in [0, 0.1) is 11.7 Å². The SMILES string of the molecule is CC(S)NC[C@@H](C)Oc1ccc(F)c(/C=C/C(=O)C(C)C)c1. The van der Waals surface area contributed by atoms with Gasteiger partial charge in [-0.25, -0.2) is 4.39 Å². The van der Waals surface area contributed by atoms with Gasteiger partial charge in [-0.3, -0.25) is 4.79 Å². The smallest absolute Gasteiger partial charge is 0.158 e. The van der Waals surface area contributed by atoms with E-state index in [0.717, 1.165) is 0 Å². The standard InChI is InChI=1S/C17H24FNO2S/c1-11(2)17(20)8-5-14-9-15(6-7-16(14)18)21-12(3)10-19-13(4)22/h5-9,11-13,19,22H,10H2,1-4H3/b8-5+/t12-,13?/m1/s1. The molecule has 1 aromatic rings. The molecule has 0 amide bonds. The third kappa shape index (κ3) is 6.62. The molecule has 0 aliphatic carbocycles. The number of ether oxygens (including phenoxy) is 1. The number of benzene rings is 1. The number of thiol groups is 1. The third-order valence-corrected chi connectivity index (χ3v) is 3.18. The van der Waals surface area contributed by atoms with Crippen molar-refractivity contribution in [1.82, 2.24) is 5.32 Å². The third-order valence-electron chi connectivity index (χ3n) is 3.00. The quantitative estimate of drug-likeness (QED) is 0.435. The Kier molecular flexibility index (Phi) is 7.62. The molecule has 3 nitrogen and oxygen atoms in total. The highest BCUT2D eigenvalue weighted by atomic mass is 32.1. The van der Waals surface area contributed by atoms with Crippen molar-refractivity contribution in [2.75, 3.05) is 6.54 Å². The Labute approximate surface area is 137 Å². The van der Waals surface area contributed by atoms with Crippen LogP contribution in [0.1, 0.15) is 33.3 Å². The fraction of sp³-hybridized carbons (Fsp3) is 0.471. The molecule has 1 unspecified atom stereocenters. The second-order valence-corrected chi connectivity index (χ2v) is 6.36. The predicted molar refractivity (Wildman–Crippen MR) is 91.8 cm³/mol. The van der Waals surface area contributed by atoms with E-state index in [1.54, 1.807) is 26.0 Å². The van der Waals surface area contributed by atoms with Gasteiger partial charge in [-0.05, 0) is 44.2 Å². The van der Waals surface area contributed by atoms with Crippen molar-refractivity contribution in [1.29, 1.82) is 0 Å². The van der Waals surface area contributed by atoms with Crippen molar-refractivity contribution < 1.29 is 13.9 Å². The summed E-state index contributed by atoms with van der Waals surface area (Å²) >= 11 is 4.23. The van der Waals surface area contributed by atoms with E-state index >= 15 is 0 Å². The molecule has 122 valence electrons. The Morgan fingerprint density at radius 2 is 2.05 bits per heavy atom. The molecule has 1 N–H and O–H groups in total. The number of hydrogen-bond acceptors (Lipinski definition) is 4. The van der Waals surface area contributed by atoms with Crippen molar-refractivity contribution in [2.45, 2.75) is 39.2 Å². The van der Waals surface area contributed by atoms with Crippen LogP contribution in [0.15, 0.2) is 24.3 Å². The summed E-state index contributed by atoms with van der Waals surface area (Å²) in [6.07, 6.45) is 2.82. The molecule has 0 radical (unpaired) electrons. The van der Waals surface area contributed by atoms with Crippen LogP contribution in [0.4, 0.5) is 4.39 Å². The summed E-state index contributed by atoms with van der Waals surface area (Å²) in [6, 6.07) is 4.52. The van der Waals surface area contributed by atoms with Crippen LogP contribution in [0.5, 0.6) is 5.75 Å². The zero-order valence-corrected chi connectivity index (χ0v) is 14.4. The van der Waals surface area contributed by atoms with Gasteiger partial charge in [0, 0.05) is 23.4 Å². The van der Waals surface area contributed by atoms with Crippen molar-refractivity contribution in [3.05, 3.63) is 35.7 Å². The highest BCUT2D eigenvalue weighted by Crippen LogP contribution is 2.19. The Balaban J connectivity index is 2.75. The molecule has 0 aliphatic heterocycles. The summed E-state index contributed by atoms with van der Waals surface area (Å²) < 4.78 is 19.5. The van der Waals surface area contributed by atoms with Gasteiger partial charge >= 0.3 is 0 Å². The number of carbonyl (C=O) groups is 1. The van der Waals surface area contributed by atoms with E-state index in [2.05, 4.69) is 17.9 Å². The highest BCUT2D eigenvalue weighted by molar-refractivity contribution is 7.80. The van der Waals surface area contributed by atoms with Gasteiger partial charge in [0.05, 0.1) is 0 Å². The first-order valence-electron chi connectivity index (χ1n) is 7.39. The van der Waals surface area contributed by atoms with Gasteiger partial charge in [-0.2, -0.15) is 12.6 Å². The fourth-order valence-electron chi connectivity index (χ4n) is 1.70. The largest absolute Gasteiger partial charge is 0.489 e. The van der Waals surface area contributed by atoms with Crippen molar-refractivity contribution in [2.24, 2.45) is 5.92 Å². The number of halogens is 1. The van der Waals surface area contributed by atoms with Crippen molar-refractivity contribution >= 4 is 24.5 Å². The van der Waals surface area contributed by atoms with Gasteiger partial charge in [0.25, 0.3) is 0 Å². The molecule has 0 spiro atoms. The van der Waals surface area contributed by atoms with Crippen molar-refractivity contribution in [3.63, 3.8) is 0 Å². The van der Waals surface area contributed by atoms with E-state index in [0.29, 0.717) is 17.9 Å². The zero-order valence-electron chi connectivity index (χ0n) is 13.5. The van der Waals surface area contributed by atoms with Crippen molar-refractivity contribution in [3.8, 4) is 5.75 Å². The minimum Gasteiger partial charge on any atom is -0.489 e. The van der Waals surface area contributed by atoms with Gasteiger partial charge in [-0.1, -0.05) is 13.8 Å². The summed E-state index contributed by atoms with van der Waals surface area (Å²) in [6.45, 7) is 8.10. The van der Waals surface area contributed by atoms with Gasteiger partial charge in [-0.15, -0.1) is 0 Å².